The number of nitro benzene ring substituents is 1. The zero-order chi connectivity index (χ0) is 19.7. The van der Waals surface area contributed by atoms with Crippen LogP contribution < -0.4 is 10.2 Å². The zero-order valence-corrected chi connectivity index (χ0v) is 16.9. The molecule has 3 aromatic rings. The van der Waals surface area contributed by atoms with Crippen molar-refractivity contribution in [1.29, 1.82) is 0 Å². The van der Waals surface area contributed by atoms with Crippen LogP contribution in [0.2, 0.25) is 0 Å². The molecule has 1 aliphatic heterocycles. The van der Waals surface area contributed by atoms with Crippen molar-refractivity contribution in [2.24, 2.45) is 0 Å². The number of hydrogen-bond acceptors (Lipinski definition) is 5. The van der Waals surface area contributed by atoms with Crippen molar-refractivity contribution in [3.8, 4) is 0 Å². The summed E-state index contributed by atoms with van der Waals surface area (Å²) in [5.41, 5.74) is 2.60. The summed E-state index contributed by atoms with van der Waals surface area (Å²) >= 11 is 3.50. The number of quaternary nitrogens is 1. The number of thiophene rings is 2. The molecule has 2 aromatic heterocycles. The minimum Gasteiger partial charge on any atom is -0.321 e. The molecule has 0 saturated carbocycles. The Bertz CT molecular complexity index is 1010. The van der Waals surface area contributed by atoms with E-state index >= 15 is 0 Å². The molecule has 1 aromatic carbocycles. The second kappa shape index (κ2) is 7.83. The maximum atomic E-state index is 12.8. The van der Waals surface area contributed by atoms with Crippen LogP contribution in [-0.4, -0.2) is 23.9 Å². The van der Waals surface area contributed by atoms with Gasteiger partial charge in [-0.2, -0.15) is 0 Å². The quantitative estimate of drug-likeness (QED) is 0.497. The Kier molecular flexibility index (Phi) is 5.25. The van der Waals surface area contributed by atoms with Gasteiger partial charge in [0.15, 0.2) is 6.54 Å². The summed E-state index contributed by atoms with van der Waals surface area (Å²) in [5, 5.41) is 18.1. The van der Waals surface area contributed by atoms with Crippen molar-refractivity contribution in [3.05, 3.63) is 78.2 Å². The highest BCUT2D eigenvalue weighted by atomic mass is 32.1. The fraction of sp³-hybridized carbons (Fsp3) is 0.250. The smallest absolute Gasteiger partial charge is 0.279 e. The SMILES string of the molecule is Cc1ccc([N+](=O)[O-])cc1NC(=O)C[NH+]1CCc2sccc2[C@@H]1c1cccs1. The number of amides is 1. The fourth-order valence-corrected chi connectivity index (χ4v) is 5.53. The molecule has 2 N–H and O–H groups in total. The Hall–Kier alpha value is -2.55. The number of anilines is 1. The first-order valence-corrected chi connectivity index (χ1v) is 10.8. The number of nitrogens with zero attached hydrogens (tertiary/aromatic N) is 1. The van der Waals surface area contributed by atoms with E-state index in [1.54, 1.807) is 28.7 Å². The van der Waals surface area contributed by atoms with Crippen LogP contribution in [0.4, 0.5) is 11.4 Å². The minimum atomic E-state index is -0.449. The van der Waals surface area contributed by atoms with E-state index in [9.17, 15) is 14.9 Å². The lowest BCUT2D eigenvalue weighted by molar-refractivity contribution is -0.919. The van der Waals surface area contributed by atoms with Crippen molar-refractivity contribution in [2.75, 3.05) is 18.4 Å². The van der Waals surface area contributed by atoms with Crippen molar-refractivity contribution >= 4 is 40.0 Å². The Morgan fingerprint density at radius 2 is 2.14 bits per heavy atom. The van der Waals surface area contributed by atoms with E-state index in [0.29, 0.717) is 12.2 Å². The van der Waals surface area contributed by atoms with Crippen LogP contribution in [0.25, 0.3) is 0 Å². The molecular formula is C20H20N3O3S2+. The van der Waals surface area contributed by atoms with E-state index in [-0.39, 0.29) is 17.6 Å². The van der Waals surface area contributed by atoms with Crippen molar-refractivity contribution in [3.63, 3.8) is 0 Å². The van der Waals surface area contributed by atoms with Gasteiger partial charge in [0.05, 0.1) is 22.0 Å². The average Bonchev–Trinajstić information content (AvgIpc) is 3.34. The summed E-state index contributed by atoms with van der Waals surface area (Å²) in [6.07, 6.45) is 0.966. The maximum absolute atomic E-state index is 12.8. The molecule has 0 fully saturated rings. The first-order valence-electron chi connectivity index (χ1n) is 9.02. The van der Waals surface area contributed by atoms with Gasteiger partial charge in [0, 0.05) is 29.0 Å². The van der Waals surface area contributed by atoms with Crippen LogP contribution in [0, 0.1) is 17.0 Å². The standard InChI is InChI=1S/C20H19N3O3S2/c1-13-4-5-14(23(25)26)11-16(13)21-19(24)12-22-8-6-17-15(7-10-28-17)20(22)18-3-2-9-27-18/h2-5,7,9-11,20H,6,8,12H2,1H3,(H,21,24)/p+1/t20-/m1/s1. The Morgan fingerprint density at radius 3 is 2.89 bits per heavy atom. The number of non-ortho nitro benzene ring substituents is 1. The lowest BCUT2D eigenvalue weighted by atomic mass is 9.98. The summed E-state index contributed by atoms with van der Waals surface area (Å²) < 4.78 is 0. The van der Waals surface area contributed by atoms with Gasteiger partial charge in [-0.25, -0.2) is 0 Å². The number of nitrogens with one attached hydrogen (secondary N) is 2. The third kappa shape index (κ3) is 3.71. The van der Waals surface area contributed by atoms with Crippen LogP contribution >= 0.6 is 22.7 Å². The number of aryl methyl sites for hydroxylation is 1. The number of rotatable bonds is 5. The molecule has 6 nitrogen and oxygen atoms in total. The molecule has 28 heavy (non-hydrogen) atoms. The van der Waals surface area contributed by atoms with Crippen molar-refractivity contribution in [1.82, 2.24) is 0 Å². The predicted molar refractivity (Wildman–Crippen MR) is 111 cm³/mol. The van der Waals surface area contributed by atoms with E-state index in [4.69, 9.17) is 0 Å². The second-order valence-electron chi connectivity index (χ2n) is 6.89. The van der Waals surface area contributed by atoms with Crippen LogP contribution in [0.15, 0.2) is 47.2 Å². The van der Waals surface area contributed by atoms with Gasteiger partial charge >= 0.3 is 0 Å². The van der Waals surface area contributed by atoms with Gasteiger partial charge in [0.1, 0.15) is 6.04 Å². The molecule has 0 saturated heterocycles. The van der Waals surface area contributed by atoms with Gasteiger partial charge in [-0.3, -0.25) is 14.9 Å². The number of nitro groups is 1. The molecule has 2 atom stereocenters. The normalized spacial score (nSPS) is 18.5. The highest BCUT2D eigenvalue weighted by Gasteiger charge is 2.35. The van der Waals surface area contributed by atoms with Gasteiger partial charge in [-0.1, -0.05) is 12.1 Å². The highest BCUT2D eigenvalue weighted by Crippen LogP contribution is 2.31. The second-order valence-corrected chi connectivity index (χ2v) is 8.87. The Labute approximate surface area is 170 Å². The number of hydrogen-bond donors (Lipinski definition) is 2. The molecule has 0 spiro atoms. The lowest BCUT2D eigenvalue weighted by Crippen LogP contribution is -3.14. The molecule has 3 heterocycles. The molecule has 4 rings (SSSR count). The molecule has 1 unspecified atom stereocenters. The van der Waals surface area contributed by atoms with Gasteiger partial charge in [-0.15, -0.1) is 22.7 Å². The topological polar surface area (TPSA) is 76.7 Å². The summed E-state index contributed by atoms with van der Waals surface area (Å²) in [6.45, 7) is 3.04. The predicted octanol–water partition coefficient (Wildman–Crippen LogP) is 3.20. The first-order chi connectivity index (χ1) is 13.5. The van der Waals surface area contributed by atoms with E-state index in [2.05, 4.69) is 28.2 Å². The first kappa shape index (κ1) is 18.8. The maximum Gasteiger partial charge on any atom is 0.279 e. The van der Waals surface area contributed by atoms with Crippen LogP contribution in [-0.2, 0) is 11.2 Å². The Morgan fingerprint density at radius 1 is 1.29 bits per heavy atom. The van der Waals surface area contributed by atoms with Crippen LogP contribution in [0.1, 0.15) is 26.9 Å². The average molecular weight is 415 g/mol. The molecule has 1 aliphatic rings. The molecule has 8 heteroatoms. The molecule has 0 radical (unpaired) electrons. The molecule has 144 valence electrons. The molecule has 1 amide bonds. The van der Waals surface area contributed by atoms with Gasteiger partial charge in [0.2, 0.25) is 0 Å². The third-order valence-electron chi connectivity index (χ3n) is 5.09. The minimum absolute atomic E-state index is 0.0226. The summed E-state index contributed by atoms with van der Waals surface area (Å²) in [6, 6.07) is 11.0. The summed E-state index contributed by atoms with van der Waals surface area (Å²) in [4.78, 5) is 27.2. The largest absolute Gasteiger partial charge is 0.321 e. The number of fused-ring (bicyclic) bond motifs is 1. The fourth-order valence-electron chi connectivity index (χ4n) is 3.71. The van der Waals surface area contributed by atoms with Gasteiger partial charge in [-0.05, 0) is 35.4 Å². The zero-order valence-electron chi connectivity index (χ0n) is 15.3. The number of benzene rings is 1. The van der Waals surface area contributed by atoms with Crippen LogP contribution in [0.5, 0.6) is 0 Å². The molecule has 0 aliphatic carbocycles. The van der Waals surface area contributed by atoms with Gasteiger partial charge in [0.25, 0.3) is 11.6 Å². The summed E-state index contributed by atoms with van der Waals surface area (Å²) in [7, 11) is 0. The Balaban J connectivity index is 1.54. The third-order valence-corrected chi connectivity index (χ3v) is 7.03. The lowest BCUT2D eigenvalue weighted by Gasteiger charge is -2.31. The number of carbonyl (C=O) groups is 1. The van der Waals surface area contributed by atoms with E-state index < -0.39 is 4.92 Å². The molecular weight excluding hydrogens is 394 g/mol. The van der Waals surface area contributed by atoms with Crippen LogP contribution in [0.3, 0.4) is 0 Å². The van der Waals surface area contributed by atoms with E-state index in [0.717, 1.165) is 18.5 Å². The molecule has 0 bridgehead atoms. The van der Waals surface area contributed by atoms with E-state index in [1.165, 1.54) is 32.4 Å². The van der Waals surface area contributed by atoms with Gasteiger partial charge < -0.3 is 10.2 Å². The monoisotopic (exact) mass is 414 g/mol. The highest BCUT2D eigenvalue weighted by molar-refractivity contribution is 7.10. The number of carbonyl (C=O) groups excluding carboxylic acids is 1. The van der Waals surface area contributed by atoms with E-state index in [1.807, 2.05) is 13.0 Å². The van der Waals surface area contributed by atoms with Crippen molar-refractivity contribution < 1.29 is 14.6 Å². The summed E-state index contributed by atoms with van der Waals surface area (Å²) in [5.74, 6) is -0.126. The van der Waals surface area contributed by atoms with Crippen molar-refractivity contribution in [2.45, 2.75) is 19.4 Å².